The number of hydrogen-bond acceptors (Lipinski definition) is 7. The predicted octanol–water partition coefficient (Wildman–Crippen LogP) is 6.34. The minimum Gasteiger partial charge on any atom is -0.465 e. The third kappa shape index (κ3) is 16.0. The molecule has 6 unspecified atom stereocenters. The standard InChI is InChI=1S/C30H56O7/c1-10-21(4)13-24(7)18-35-27(31)16-30(34,29(33)37-20-26(9)15-23(6)12-3)17-28(32)36-19-25(8)14-22(5)11-2/h21-26,34H,10-20H2,1-9H3. The molecular formula is C30H56O7. The van der Waals surface area contributed by atoms with E-state index in [1.165, 1.54) is 0 Å². The molecule has 0 amide bonds. The van der Waals surface area contributed by atoms with Gasteiger partial charge in [0, 0.05) is 0 Å². The summed E-state index contributed by atoms with van der Waals surface area (Å²) in [5.41, 5.74) is -2.33. The maximum absolute atomic E-state index is 13.0. The fraction of sp³-hybridized carbons (Fsp3) is 0.900. The predicted molar refractivity (Wildman–Crippen MR) is 147 cm³/mol. The summed E-state index contributed by atoms with van der Waals surface area (Å²) >= 11 is 0. The Labute approximate surface area is 226 Å². The van der Waals surface area contributed by atoms with Gasteiger partial charge in [0.1, 0.15) is 0 Å². The van der Waals surface area contributed by atoms with Crippen LogP contribution in [-0.4, -0.2) is 48.4 Å². The molecule has 6 atom stereocenters. The van der Waals surface area contributed by atoms with E-state index in [1.807, 2.05) is 20.8 Å². The molecule has 218 valence electrons. The van der Waals surface area contributed by atoms with Crippen LogP contribution in [-0.2, 0) is 28.6 Å². The van der Waals surface area contributed by atoms with Gasteiger partial charge in [-0.1, -0.05) is 81.6 Å². The van der Waals surface area contributed by atoms with Crippen molar-refractivity contribution in [3.63, 3.8) is 0 Å². The quantitative estimate of drug-likeness (QED) is 0.145. The second-order valence-corrected chi connectivity index (χ2v) is 11.9. The first kappa shape index (κ1) is 35.4. The minimum absolute atomic E-state index is 0.0878. The molecule has 0 aromatic rings. The van der Waals surface area contributed by atoms with Crippen LogP contribution in [0.15, 0.2) is 0 Å². The van der Waals surface area contributed by atoms with Crippen molar-refractivity contribution >= 4 is 17.9 Å². The van der Waals surface area contributed by atoms with Crippen molar-refractivity contribution in [1.82, 2.24) is 0 Å². The normalized spacial score (nSPS) is 18.0. The average molecular weight is 529 g/mol. The van der Waals surface area contributed by atoms with Gasteiger partial charge >= 0.3 is 17.9 Å². The molecule has 1 N–H and O–H groups in total. The summed E-state index contributed by atoms with van der Waals surface area (Å²) in [6, 6.07) is 0. The summed E-state index contributed by atoms with van der Waals surface area (Å²) in [4.78, 5) is 38.2. The molecule has 0 radical (unpaired) electrons. The van der Waals surface area contributed by atoms with Crippen LogP contribution in [0.4, 0.5) is 0 Å². The van der Waals surface area contributed by atoms with Crippen molar-refractivity contribution < 1.29 is 33.7 Å². The summed E-state index contributed by atoms with van der Waals surface area (Å²) in [5.74, 6) is -0.572. The molecule has 7 heteroatoms. The second-order valence-electron chi connectivity index (χ2n) is 11.9. The van der Waals surface area contributed by atoms with Crippen LogP contribution in [0.25, 0.3) is 0 Å². The van der Waals surface area contributed by atoms with E-state index in [2.05, 4.69) is 41.5 Å². The van der Waals surface area contributed by atoms with Crippen LogP contribution in [0.5, 0.6) is 0 Å². The molecule has 0 aromatic carbocycles. The smallest absolute Gasteiger partial charge is 0.339 e. The molecule has 37 heavy (non-hydrogen) atoms. The molecule has 0 saturated heterocycles. The first-order valence-corrected chi connectivity index (χ1v) is 14.5. The van der Waals surface area contributed by atoms with Crippen LogP contribution in [0.2, 0.25) is 0 Å². The van der Waals surface area contributed by atoms with E-state index in [0.29, 0.717) is 17.8 Å². The van der Waals surface area contributed by atoms with E-state index in [9.17, 15) is 19.5 Å². The molecule has 0 aliphatic carbocycles. The number of carbonyl (C=O) groups excluding carboxylic acids is 3. The summed E-state index contributed by atoms with van der Waals surface area (Å²) in [5, 5.41) is 11.2. The van der Waals surface area contributed by atoms with Crippen LogP contribution < -0.4 is 0 Å². The van der Waals surface area contributed by atoms with Gasteiger partial charge in [0.15, 0.2) is 5.60 Å². The van der Waals surface area contributed by atoms with Crippen LogP contribution in [0, 0.1) is 35.5 Å². The monoisotopic (exact) mass is 528 g/mol. The van der Waals surface area contributed by atoms with E-state index in [4.69, 9.17) is 14.2 Å². The number of rotatable bonds is 20. The van der Waals surface area contributed by atoms with E-state index < -0.39 is 36.4 Å². The highest BCUT2D eigenvalue weighted by Gasteiger charge is 2.43. The summed E-state index contributed by atoms with van der Waals surface area (Å²) in [6.07, 6.45) is 4.48. The largest absolute Gasteiger partial charge is 0.465 e. The van der Waals surface area contributed by atoms with Gasteiger partial charge in [-0.05, 0) is 54.8 Å². The average Bonchev–Trinajstić information content (AvgIpc) is 2.84. The zero-order valence-electron chi connectivity index (χ0n) is 25.1. The van der Waals surface area contributed by atoms with Gasteiger partial charge in [-0.25, -0.2) is 4.79 Å². The summed E-state index contributed by atoms with van der Waals surface area (Å²) in [7, 11) is 0. The van der Waals surface area contributed by atoms with Gasteiger partial charge in [0.2, 0.25) is 0 Å². The number of ether oxygens (including phenoxy) is 3. The zero-order chi connectivity index (χ0) is 28.6. The number of carbonyl (C=O) groups is 3. The molecule has 7 nitrogen and oxygen atoms in total. The van der Waals surface area contributed by atoms with E-state index in [-0.39, 0.29) is 37.6 Å². The SMILES string of the molecule is CCC(C)CC(C)COC(=O)CC(O)(CC(=O)OCC(C)CC(C)CC)C(=O)OCC(C)CC(C)CC. The topological polar surface area (TPSA) is 99.1 Å². The van der Waals surface area contributed by atoms with Crippen molar-refractivity contribution in [3.8, 4) is 0 Å². The van der Waals surface area contributed by atoms with E-state index in [0.717, 1.165) is 38.5 Å². The van der Waals surface area contributed by atoms with Gasteiger partial charge in [-0.15, -0.1) is 0 Å². The Bertz CT molecular complexity index is 626. The molecule has 0 aromatic heterocycles. The molecule has 0 spiro atoms. The van der Waals surface area contributed by atoms with Gasteiger partial charge in [0.05, 0.1) is 32.7 Å². The Balaban J connectivity index is 5.21. The molecule has 0 fully saturated rings. The Morgan fingerprint density at radius 2 is 0.865 bits per heavy atom. The first-order chi connectivity index (χ1) is 17.3. The first-order valence-electron chi connectivity index (χ1n) is 14.5. The van der Waals surface area contributed by atoms with Crippen LogP contribution in [0.1, 0.15) is 114 Å². The van der Waals surface area contributed by atoms with Gasteiger partial charge < -0.3 is 19.3 Å². The fourth-order valence-corrected chi connectivity index (χ4v) is 4.37. The van der Waals surface area contributed by atoms with Crippen LogP contribution >= 0.6 is 0 Å². The van der Waals surface area contributed by atoms with Crippen LogP contribution in [0.3, 0.4) is 0 Å². The van der Waals surface area contributed by atoms with Crippen molar-refractivity contribution in [1.29, 1.82) is 0 Å². The lowest BCUT2D eigenvalue weighted by molar-refractivity contribution is -0.179. The molecule has 0 saturated carbocycles. The summed E-state index contributed by atoms with van der Waals surface area (Å²) < 4.78 is 16.1. The lowest BCUT2D eigenvalue weighted by atomic mass is 9.94. The highest BCUT2D eigenvalue weighted by atomic mass is 16.6. The third-order valence-corrected chi connectivity index (χ3v) is 7.32. The van der Waals surface area contributed by atoms with Gasteiger partial charge in [0.25, 0.3) is 0 Å². The van der Waals surface area contributed by atoms with Crippen molar-refractivity contribution in [2.75, 3.05) is 19.8 Å². The Hall–Kier alpha value is -1.63. The molecule has 0 rings (SSSR count). The van der Waals surface area contributed by atoms with E-state index in [1.54, 1.807) is 0 Å². The fourth-order valence-electron chi connectivity index (χ4n) is 4.37. The van der Waals surface area contributed by atoms with Crippen molar-refractivity contribution in [2.24, 2.45) is 35.5 Å². The molecule has 0 aliphatic heterocycles. The molecular weight excluding hydrogens is 472 g/mol. The van der Waals surface area contributed by atoms with Crippen molar-refractivity contribution in [3.05, 3.63) is 0 Å². The molecule has 0 aliphatic rings. The number of hydrogen-bond donors (Lipinski definition) is 1. The van der Waals surface area contributed by atoms with Gasteiger partial charge in [-0.2, -0.15) is 0 Å². The lowest BCUT2D eigenvalue weighted by Crippen LogP contribution is -2.45. The Morgan fingerprint density at radius 1 is 0.568 bits per heavy atom. The Kier molecular flexibility index (Phi) is 17.8. The maximum Gasteiger partial charge on any atom is 0.339 e. The number of esters is 3. The lowest BCUT2D eigenvalue weighted by Gasteiger charge is -2.26. The van der Waals surface area contributed by atoms with Crippen molar-refractivity contribution in [2.45, 2.75) is 119 Å². The zero-order valence-corrected chi connectivity index (χ0v) is 25.1. The summed E-state index contributed by atoms with van der Waals surface area (Å²) in [6.45, 7) is 19.2. The maximum atomic E-state index is 13.0. The molecule has 0 bridgehead atoms. The highest BCUT2D eigenvalue weighted by Crippen LogP contribution is 2.23. The minimum atomic E-state index is -2.33. The Morgan fingerprint density at radius 3 is 1.16 bits per heavy atom. The highest BCUT2D eigenvalue weighted by molar-refractivity contribution is 5.90. The van der Waals surface area contributed by atoms with Gasteiger partial charge in [-0.3, -0.25) is 9.59 Å². The van der Waals surface area contributed by atoms with E-state index >= 15 is 0 Å². The second kappa shape index (κ2) is 18.6. The third-order valence-electron chi connectivity index (χ3n) is 7.32. The molecule has 0 heterocycles. The number of aliphatic hydroxyl groups is 1.